The monoisotopic (exact) mass is 466 g/mol. The lowest BCUT2D eigenvalue weighted by molar-refractivity contribution is 0.415. The molecule has 33 heavy (non-hydrogen) atoms. The summed E-state index contributed by atoms with van der Waals surface area (Å²) in [5.74, 6) is -0.163. The van der Waals surface area contributed by atoms with E-state index in [1.54, 1.807) is 30.4 Å². The molecule has 5 rings (SSSR count). The molecule has 1 saturated heterocycles. The third-order valence-corrected chi connectivity index (χ3v) is 7.09. The van der Waals surface area contributed by atoms with E-state index in [-0.39, 0.29) is 5.54 Å². The molecule has 1 atom stereocenters. The predicted molar refractivity (Wildman–Crippen MR) is 128 cm³/mol. The number of hydrogen-bond donors (Lipinski definition) is 1. The smallest absolute Gasteiger partial charge is 0.175 e. The number of thiocarbonyl (C=S) groups is 1. The zero-order chi connectivity index (χ0) is 23.2. The molecule has 0 unspecified atom stereocenters. The number of rotatable bonds is 2. The number of halogens is 2. The molecule has 4 heterocycles. The second-order valence-corrected chi connectivity index (χ2v) is 9.08. The molecule has 0 bridgehead atoms. The highest BCUT2D eigenvalue weighted by atomic mass is 32.1. The van der Waals surface area contributed by atoms with Crippen molar-refractivity contribution in [2.24, 2.45) is 0 Å². The van der Waals surface area contributed by atoms with E-state index in [4.69, 9.17) is 17.2 Å². The van der Waals surface area contributed by atoms with Crippen molar-refractivity contribution < 1.29 is 8.78 Å². The van der Waals surface area contributed by atoms with E-state index in [1.807, 2.05) is 6.92 Å². The molecular formula is C24H24F2N6S. The van der Waals surface area contributed by atoms with Crippen LogP contribution in [0.2, 0.25) is 0 Å². The number of aromatic nitrogens is 3. The third-order valence-electron chi connectivity index (χ3n) is 6.56. The third kappa shape index (κ3) is 4.01. The second-order valence-electron chi connectivity index (χ2n) is 8.72. The van der Waals surface area contributed by atoms with Crippen molar-refractivity contribution >= 4 is 28.8 Å². The van der Waals surface area contributed by atoms with Crippen LogP contribution in [0.3, 0.4) is 0 Å². The van der Waals surface area contributed by atoms with Crippen LogP contribution in [0.4, 0.5) is 20.3 Å². The Morgan fingerprint density at radius 1 is 1.15 bits per heavy atom. The predicted octanol–water partition coefficient (Wildman–Crippen LogP) is 4.35. The van der Waals surface area contributed by atoms with Gasteiger partial charge in [0.25, 0.3) is 0 Å². The summed E-state index contributed by atoms with van der Waals surface area (Å²) < 4.78 is 27.0. The zero-order valence-corrected chi connectivity index (χ0v) is 19.3. The summed E-state index contributed by atoms with van der Waals surface area (Å²) in [6.45, 7) is 3.48. The Bertz CT molecular complexity index is 1220. The molecule has 9 heteroatoms. The van der Waals surface area contributed by atoms with E-state index >= 15 is 0 Å². The number of pyridine rings is 1. The lowest BCUT2D eigenvalue weighted by Crippen LogP contribution is -2.47. The fraction of sp³-hybridized carbons (Fsp3) is 0.333. The van der Waals surface area contributed by atoms with Gasteiger partial charge < -0.3 is 15.1 Å². The van der Waals surface area contributed by atoms with E-state index in [0.29, 0.717) is 16.6 Å². The SMILES string of the molecule is Cc1nc2c(cc1-c1ncccn1)CC[C@@]1(CCN(C(=S)N(C)c3ccc(F)c(F)c3)C1)N2. The number of benzene rings is 1. The lowest BCUT2D eigenvalue weighted by Gasteiger charge is -2.37. The molecule has 170 valence electrons. The van der Waals surface area contributed by atoms with Gasteiger partial charge in [-0.3, -0.25) is 0 Å². The van der Waals surface area contributed by atoms with Gasteiger partial charge in [0.2, 0.25) is 0 Å². The molecule has 2 aromatic heterocycles. The average molecular weight is 467 g/mol. The first-order chi connectivity index (χ1) is 15.8. The number of aryl methyl sites for hydroxylation is 2. The maximum Gasteiger partial charge on any atom is 0.175 e. The largest absolute Gasteiger partial charge is 0.363 e. The maximum absolute atomic E-state index is 13.7. The summed E-state index contributed by atoms with van der Waals surface area (Å²) in [7, 11) is 1.78. The Hall–Kier alpha value is -3.20. The molecule has 0 saturated carbocycles. The topological polar surface area (TPSA) is 57.2 Å². The molecule has 3 aromatic rings. The van der Waals surface area contributed by atoms with Crippen molar-refractivity contribution in [1.29, 1.82) is 0 Å². The van der Waals surface area contributed by atoms with Gasteiger partial charge in [0.05, 0.1) is 11.2 Å². The van der Waals surface area contributed by atoms with Crippen LogP contribution in [0.25, 0.3) is 11.4 Å². The summed E-state index contributed by atoms with van der Waals surface area (Å²) in [6.07, 6.45) is 6.25. The summed E-state index contributed by atoms with van der Waals surface area (Å²) in [4.78, 5) is 17.4. The van der Waals surface area contributed by atoms with Gasteiger partial charge in [-0.15, -0.1) is 0 Å². The van der Waals surface area contributed by atoms with Crippen molar-refractivity contribution in [3.05, 3.63) is 65.6 Å². The van der Waals surface area contributed by atoms with Gasteiger partial charge in [-0.05, 0) is 68.2 Å². The molecular weight excluding hydrogens is 442 g/mol. The quantitative estimate of drug-likeness (QED) is 0.564. The highest BCUT2D eigenvalue weighted by molar-refractivity contribution is 7.80. The van der Waals surface area contributed by atoms with Crippen molar-refractivity contribution in [1.82, 2.24) is 19.9 Å². The molecule has 1 spiro atoms. The Morgan fingerprint density at radius 3 is 2.70 bits per heavy atom. The standard InChI is InChI=1S/C24H24F2N6S/c1-15-18(22-27-9-3-10-28-22)12-16-6-7-24(30-21(16)29-15)8-11-32(14-24)23(33)31(2)17-4-5-19(25)20(26)13-17/h3-5,9-10,12-13H,6-8,11,14H2,1-2H3,(H,29,30)/t24-/m0/s1. The van der Waals surface area contributed by atoms with Crippen LogP contribution in [-0.2, 0) is 6.42 Å². The first-order valence-corrected chi connectivity index (χ1v) is 11.3. The number of fused-ring (bicyclic) bond motifs is 1. The second kappa shape index (κ2) is 8.30. The van der Waals surface area contributed by atoms with Gasteiger partial charge in [0.15, 0.2) is 22.6 Å². The number of anilines is 2. The van der Waals surface area contributed by atoms with Gasteiger partial charge in [0.1, 0.15) is 5.82 Å². The molecule has 0 radical (unpaired) electrons. The lowest BCUT2D eigenvalue weighted by atomic mass is 9.86. The molecule has 0 amide bonds. The fourth-order valence-corrected chi connectivity index (χ4v) is 4.92. The van der Waals surface area contributed by atoms with Crippen molar-refractivity contribution in [3.63, 3.8) is 0 Å². The Labute approximate surface area is 196 Å². The molecule has 1 N–H and O–H groups in total. The molecule has 2 aliphatic rings. The maximum atomic E-state index is 13.7. The zero-order valence-electron chi connectivity index (χ0n) is 18.5. The van der Waals surface area contributed by atoms with Crippen LogP contribution in [-0.4, -0.2) is 50.6 Å². The normalized spacial score (nSPS) is 19.3. The van der Waals surface area contributed by atoms with Gasteiger partial charge >= 0.3 is 0 Å². The minimum atomic E-state index is -0.882. The first kappa shape index (κ1) is 21.6. The van der Waals surface area contributed by atoms with Crippen LogP contribution >= 0.6 is 12.2 Å². The minimum absolute atomic E-state index is 0.129. The Morgan fingerprint density at radius 2 is 1.94 bits per heavy atom. The van der Waals surface area contributed by atoms with Gasteiger partial charge in [0, 0.05) is 49.8 Å². The Balaban J connectivity index is 1.33. The van der Waals surface area contributed by atoms with E-state index in [1.165, 1.54) is 12.1 Å². The van der Waals surface area contributed by atoms with Crippen LogP contribution < -0.4 is 10.2 Å². The summed E-state index contributed by atoms with van der Waals surface area (Å²) in [6, 6.07) is 7.77. The van der Waals surface area contributed by atoms with E-state index in [2.05, 4.69) is 26.3 Å². The van der Waals surface area contributed by atoms with Crippen LogP contribution in [0.15, 0.2) is 42.7 Å². The van der Waals surface area contributed by atoms with E-state index in [9.17, 15) is 8.78 Å². The number of hydrogen-bond acceptors (Lipinski definition) is 5. The van der Waals surface area contributed by atoms with Crippen LogP contribution in [0, 0.1) is 18.6 Å². The Kier molecular flexibility index (Phi) is 5.44. The average Bonchev–Trinajstić information content (AvgIpc) is 3.23. The molecule has 1 aromatic carbocycles. The molecule has 0 aliphatic carbocycles. The van der Waals surface area contributed by atoms with Crippen LogP contribution in [0.1, 0.15) is 24.1 Å². The number of nitrogens with one attached hydrogen (secondary N) is 1. The molecule has 6 nitrogen and oxygen atoms in total. The first-order valence-electron chi connectivity index (χ1n) is 10.9. The fourth-order valence-electron chi connectivity index (χ4n) is 4.66. The van der Waals surface area contributed by atoms with Gasteiger partial charge in [-0.25, -0.2) is 23.7 Å². The van der Waals surface area contributed by atoms with Crippen molar-refractivity contribution in [2.45, 2.75) is 31.7 Å². The van der Waals surface area contributed by atoms with Crippen molar-refractivity contribution in [3.8, 4) is 11.4 Å². The number of nitrogens with zero attached hydrogens (tertiary/aromatic N) is 5. The molecule has 2 aliphatic heterocycles. The van der Waals surface area contributed by atoms with E-state index in [0.717, 1.165) is 61.1 Å². The van der Waals surface area contributed by atoms with Crippen molar-refractivity contribution in [2.75, 3.05) is 30.4 Å². The molecule has 1 fully saturated rings. The van der Waals surface area contributed by atoms with Gasteiger partial charge in [-0.1, -0.05) is 0 Å². The summed E-state index contributed by atoms with van der Waals surface area (Å²) >= 11 is 5.70. The van der Waals surface area contributed by atoms with Gasteiger partial charge in [-0.2, -0.15) is 0 Å². The van der Waals surface area contributed by atoms with Crippen LogP contribution in [0.5, 0.6) is 0 Å². The minimum Gasteiger partial charge on any atom is -0.363 e. The highest BCUT2D eigenvalue weighted by Crippen LogP contribution is 2.38. The summed E-state index contributed by atoms with van der Waals surface area (Å²) in [5.41, 5.74) is 3.39. The highest BCUT2D eigenvalue weighted by Gasteiger charge is 2.42. The summed E-state index contributed by atoms with van der Waals surface area (Å²) in [5, 5.41) is 4.28. The van der Waals surface area contributed by atoms with E-state index < -0.39 is 11.6 Å². The number of likely N-dealkylation sites (tertiary alicyclic amines) is 1.